The molecule has 1 saturated carbocycles. The van der Waals surface area contributed by atoms with Crippen LogP contribution in [-0.4, -0.2) is 6.54 Å². The second kappa shape index (κ2) is 6.47. The van der Waals surface area contributed by atoms with Crippen LogP contribution in [0.2, 0.25) is 0 Å². The van der Waals surface area contributed by atoms with E-state index in [4.69, 9.17) is 4.74 Å². The molecular formula is C18H21NO. The van der Waals surface area contributed by atoms with Gasteiger partial charge < -0.3 is 10.1 Å². The van der Waals surface area contributed by atoms with Crippen LogP contribution in [0.3, 0.4) is 0 Å². The number of nitrogens with one attached hydrogen (secondary N) is 1. The van der Waals surface area contributed by atoms with Crippen LogP contribution < -0.4 is 10.1 Å². The van der Waals surface area contributed by atoms with E-state index in [0.717, 1.165) is 29.6 Å². The van der Waals surface area contributed by atoms with Crippen molar-refractivity contribution in [3.63, 3.8) is 0 Å². The Kier molecular flexibility index (Phi) is 4.22. The van der Waals surface area contributed by atoms with Crippen LogP contribution in [-0.2, 0) is 0 Å². The Morgan fingerprint density at radius 1 is 0.900 bits per heavy atom. The van der Waals surface area contributed by atoms with E-state index in [0.29, 0.717) is 0 Å². The van der Waals surface area contributed by atoms with E-state index in [1.165, 1.54) is 25.7 Å². The van der Waals surface area contributed by atoms with Gasteiger partial charge in [0.1, 0.15) is 5.75 Å². The fraction of sp³-hybridized carbons (Fsp3) is 0.333. The summed E-state index contributed by atoms with van der Waals surface area (Å²) in [6, 6.07) is 18.1. The molecule has 0 atom stereocenters. The van der Waals surface area contributed by atoms with Crippen molar-refractivity contribution in [1.82, 2.24) is 0 Å². The maximum atomic E-state index is 5.96. The van der Waals surface area contributed by atoms with E-state index in [-0.39, 0.29) is 0 Å². The van der Waals surface area contributed by atoms with E-state index < -0.39 is 0 Å². The van der Waals surface area contributed by atoms with Gasteiger partial charge in [-0.25, -0.2) is 0 Å². The Bertz CT molecular complexity index is 532. The van der Waals surface area contributed by atoms with Crippen LogP contribution >= 0.6 is 0 Å². The van der Waals surface area contributed by atoms with Gasteiger partial charge in [0.25, 0.3) is 0 Å². The minimum absolute atomic E-state index is 0.819. The van der Waals surface area contributed by atoms with Gasteiger partial charge in [-0.2, -0.15) is 0 Å². The average molecular weight is 267 g/mol. The number of benzene rings is 2. The molecule has 1 N–H and O–H groups in total. The third-order valence-electron chi connectivity index (χ3n) is 3.91. The van der Waals surface area contributed by atoms with Gasteiger partial charge in [0, 0.05) is 6.54 Å². The van der Waals surface area contributed by atoms with Gasteiger partial charge in [-0.05, 0) is 43.0 Å². The first-order chi connectivity index (χ1) is 9.92. The quantitative estimate of drug-likeness (QED) is 0.815. The zero-order valence-electron chi connectivity index (χ0n) is 11.7. The molecule has 2 heteroatoms. The summed E-state index contributed by atoms with van der Waals surface area (Å²) in [6.07, 6.45) is 5.48. The Morgan fingerprint density at radius 2 is 1.60 bits per heavy atom. The predicted octanol–water partition coefficient (Wildman–Crippen LogP) is 5.08. The minimum atomic E-state index is 0.819. The van der Waals surface area contributed by atoms with Crippen LogP contribution in [0, 0.1) is 5.92 Å². The minimum Gasteiger partial charge on any atom is -0.455 e. The summed E-state index contributed by atoms with van der Waals surface area (Å²) in [6.45, 7) is 1.05. The summed E-state index contributed by atoms with van der Waals surface area (Å²) >= 11 is 0. The van der Waals surface area contributed by atoms with E-state index >= 15 is 0 Å². The van der Waals surface area contributed by atoms with Crippen LogP contribution in [0.1, 0.15) is 25.7 Å². The van der Waals surface area contributed by atoms with Crippen LogP contribution in [0.25, 0.3) is 0 Å². The molecule has 104 valence electrons. The van der Waals surface area contributed by atoms with E-state index in [9.17, 15) is 0 Å². The zero-order chi connectivity index (χ0) is 13.6. The monoisotopic (exact) mass is 267 g/mol. The molecule has 2 aromatic carbocycles. The summed E-state index contributed by atoms with van der Waals surface area (Å²) in [5.74, 6) is 2.60. The molecule has 1 aliphatic carbocycles. The lowest BCUT2D eigenvalue weighted by atomic mass is 10.1. The standard InChI is InChI=1S/C18H21NO/c1-2-10-16(11-3-1)20-18-13-7-6-12-17(18)19-14-15-8-4-5-9-15/h1-3,6-7,10-13,15,19H,4-5,8-9,14H2. The summed E-state index contributed by atoms with van der Waals surface area (Å²) in [4.78, 5) is 0. The van der Waals surface area contributed by atoms with Crippen LogP contribution in [0.5, 0.6) is 11.5 Å². The van der Waals surface area contributed by atoms with Gasteiger partial charge >= 0.3 is 0 Å². The normalized spacial score (nSPS) is 15.2. The molecule has 0 spiro atoms. The van der Waals surface area contributed by atoms with E-state index in [1.54, 1.807) is 0 Å². The highest BCUT2D eigenvalue weighted by Crippen LogP contribution is 2.31. The third kappa shape index (κ3) is 3.32. The highest BCUT2D eigenvalue weighted by Gasteiger charge is 2.15. The summed E-state index contributed by atoms with van der Waals surface area (Å²) in [5, 5.41) is 3.55. The van der Waals surface area contributed by atoms with Crippen LogP contribution in [0.4, 0.5) is 5.69 Å². The lowest BCUT2D eigenvalue weighted by Gasteiger charge is -2.15. The van der Waals surface area contributed by atoms with Crippen LogP contribution in [0.15, 0.2) is 54.6 Å². The number of hydrogen-bond donors (Lipinski definition) is 1. The molecule has 20 heavy (non-hydrogen) atoms. The molecule has 1 fully saturated rings. The van der Waals surface area contributed by atoms with Crippen molar-refractivity contribution >= 4 is 5.69 Å². The molecule has 3 rings (SSSR count). The summed E-state index contributed by atoms with van der Waals surface area (Å²) in [5.41, 5.74) is 1.09. The highest BCUT2D eigenvalue weighted by molar-refractivity contribution is 5.57. The lowest BCUT2D eigenvalue weighted by Crippen LogP contribution is -2.11. The van der Waals surface area contributed by atoms with Gasteiger partial charge in [0.15, 0.2) is 5.75 Å². The number of rotatable bonds is 5. The molecule has 0 amide bonds. The molecule has 2 aromatic rings. The smallest absolute Gasteiger partial charge is 0.150 e. The van der Waals surface area contributed by atoms with Crippen molar-refractivity contribution in [3.8, 4) is 11.5 Å². The Morgan fingerprint density at radius 3 is 2.40 bits per heavy atom. The molecule has 0 aliphatic heterocycles. The third-order valence-corrected chi connectivity index (χ3v) is 3.91. The van der Waals surface area contributed by atoms with Gasteiger partial charge in [-0.3, -0.25) is 0 Å². The predicted molar refractivity (Wildman–Crippen MR) is 83.4 cm³/mol. The second-order valence-electron chi connectivity index (χ2n) is 5.44. The van der Waals surface area contributed by atoms with E-state index in [2.05, 4.69) is 17.4 Å². The maximum absolute atomic E-state index is 5.96. The first-order valence-electron chi connectivity index (χ1n) is 7.47. The molecule has 0 bridgehead atoms. The Balaban J connectivity index is 1.67. The summed E-state index contributed by atoms with van der Waals surface area (Å²) < 4.78 is 5.96. The topological polar surface area (TPSA) is 21.3 Å². The SMILES string of the molecule is c1ccc(Oc2ccccc2NCC2CCCC2)cc1. The zero-order valence-corrected chi connectivity index (χ0v) is 11.7. The maximum Gasteiger partial charge on any atom is 0.150 e. The molecule has 0 aromatic heterocycles. The Hall–Kier alpha value is -1.96. The van der Waals surface area contributed by atoms with Gasteiger partial charge in [0.2, 0.25) is 0 Å². The molecular weight excluding hydrogens is 246 g/mol. The van der Waals surface area contributed by atoms with Crippen molar-refractivity contribution < 1.29 is 4.74 Å². The first kappa shape index (κ1) is 13.0. The van der Waals surface area contributed by atoms with Gasteiger partial charge in [-0.1, -0.05) is 43.2 Å². The second-order valence-corrected chi connectivity index (χ2v) is 5.44. The van der Waals surface area contributed by atoms with Crippen molar-refractivity contribution in [1.29, 1.82) is 0 Å². The highest BCUT2D eigenvalue weighted by atomic mass is 16.5. The van der Waals surface area contributed by atoms with Gasteiger partial charge in [0.05, 0.1) is 5.69 Å². The number of anilines is 1. The first-order valence-corrected chi connectivity index (χ1v) is 7.47. The molecule has 0 saturated heterocycles. The van der Waals surface area contributed by atoms with Crippen molar-refractivity contribution in [2.75, 3.05) is 11.9 Å². The summed E-state index contributed by atoms with van der Waals surface area (Å²) in [7, 11) is 0. The molecule has 0 unspecified atom stereocenters. The number of hydrogen-bond acceptors (Lipinski definition) is 2. The van der Waals surface area contributed by atoms with Crippen molar-refractivity contribution in [3.05, 3.63) is 54.6 Å². The van der Waals surface area contributed by atoms with Crippen molar-refractivity contribution in [2.24, 2.45) is 5.92 Å². The molecule has 0 heterocycles. The lowest BCUT2D eigenvalue weighted by molar-refractivity contribution is 0.483. The molecule has 0 radical (unpaired) electrons. The van der Waals surface area contributed by atoms with Gasteiger partial charge in [-0.15, -0.1) is 0 Å². The Labute approximate surface area is 120 Å². The fourth-order valence-corrected chi connectivity index (χ4v) is 2.79. The largest absolute Gasteiger partial charge is 0.455 e. The molecule has 1 aliphatic rings. The van der Waals surface area contributed by atoms with E-state index in [1.807, 2.05) is 42.5 Å². The molecule has 2 nitrogen and oxygen atoms in total. The average Bonchev–Trinajstić information content (AvgIpc) is 3.01. The van der Waals surface area contributed by atoms with Crippen molar-refractivity contribution in [2.45, 2.75) is 25.7 Å². The number of para-hydroxylation sites is 3. The number of ether oxygens (including phenoxy) is 1. The fourth-order valence-electron chi connectivity index (χ4n) is 2.79.